The summed E-state index contributed by atoms with van der Waals surface area (Å²) in [4.78, 5) is 198. The molecule has 4 saturated carbocycles. The van der Waals surface area contributed by atoms with Crippen LogP contribution < -0.4 is 16.0 Å². The van der Waals surface area contributed by atoms with Gasteiger partial charge in [0.25, 0.3) is 0 Å². The van der Waals surface area contributed by atoms with Gasteiger partial charge < -0.3 is 69.5 Å². The molecule has 0 aromatic rings. The molecule has 0 aromatic carbocycles. The zero-order valence-electron chi connectivity index (χ0n) is 67.7. The molecule has 12 rings (SSSR count). The van der Waals surface area contributed by atoms with Gasteiger partial charge in [0.1, 0.15) is 53.9 Å². The first-order chi connectivity index (χ1) is 52.1. The molecule has 11 fully saturated rings. The van der Waals surface area contributed by atoms with Crippen LogP contribution in [0.15, 0.2) is 12.2 Å². The molecule has 26 nitrogen and oxygen atoms in total. The van der Waals surface area contributed by atoms with Gasteiger partial charge >= 0.3 is 6.18 Å². The van der Waals surface area contributed by atoms with Gasteiger partial charge in [-0.3, -0.25) is 57.5 Å². The van der Waals surface area contributed by atoms with Crippen molar-refractivity contribution in [3.63, 3.8) is 0 Å². The van der Waals surface area contributed by atoms with Crippen LogP contribution in [-0.2, 0) is 67.0 Å². The van der Waals surface area contributed by atoms with Crippen LogP contribution in [0.4, 0.5) is 13.2 Å². The van der Waals surface area contributed by atoms with Crippen LogP contribution in [-0.4, -0.2) is 283 Å². The molecule has 12 aliphatic rings. The van der Waals surface area contributed by atoms with Crippen LogP contribution >= 0.6 is 0 Å². The summed E-state index contributed by atoms with van der Waals surface area (Å²) in [5.74, 6) is -10.0. The Labute approximate surface area is 649 Å². The van der Waals surface area contributed by atoms with Crippen LogP contribution in [0.1, 0.15) is 221 Å². The van der Waals surface area contributed by atoms with Crippen LogP contribution in [0.3, 0.4) is 0 Å². The Morgan fingerprint density at radius 2 is 1.24 bits per heavy atom. The number of ether oxygens (including phenoxy) is 2. The lowest BCUT2D eigenvalue weighted by atomic mass is 9.58. The van der Waals surface area contributed by atoms with Crippen molar-refractivity contribution < 1.29 is 80.2 Å². The number of halogens is 3. The number of likely N-dealkylation sites (tertiary alicyclic amines) is 1. The third kappa shape index (κ3) is 20.9. The van der Waals surface area contributed by atoms with Crippen molar-refractivity contribution in [1.29, 1.82) is 0 Å². The SMILES string of the molecule is CCO[C@@H]1C[C@H]2C(=O)NC3(CC(C)(C)C3)C(=O)N(C)[C@@H](C3CCCC3)C(=O)N(C)[C@H](C(=O)N3CCCC3)CC(=O)N(C)[C@H]3CCCCCCC4CCC(CC4)C[C@@H](C(=O)N(C)CC(=O)N[C@@H](CCC4CCC(C(F)(F)F)C(OC)C4)C(=O)N2C1)N1CC/C=C\C[C@@H](C1=O)N(C)C(=O)CN(C)C(=O)[C@H]([C@@H](C)CC)NC3=O. The summed E-state index contributed by atoms with van der Waals surface area (Å²) in [6, 6.07) is -9.95. The Kier molecular flexibility index (Phi) is 30.3. The highest BCUT2D eigenvalue weighted by molar-refractivity contribution is 6.01. The van der Waals surface area contributed by atoms with E-state index in [4.69, 9.17) is 9.47 Å². The van der Waals surface area contributed by atoms with E-state index >= 15 is 47.9 Å². The van der Waals surface area contributed by atoms with E-state index in [0.717, 1.165) is 57.8 Å². The molecule has 0 radical (unpaired) electrons. The van der Waals surface area contributed by atoms with E-state index in [1.165, 1.54) is 88.6 Å². The number of nitrogens with one attached hydrogen (secondary N) is 3. The van der Waals surface area contributed by atoms with E-state index in [2.05, 4.69) is 16.0 Å². The monoisotopic (exact) mass is 1550 g/mol. The molecule has 8 heterocycles. The first-order valence-electron chi connectivity index (χ1n) is 41.4. The van der Waals surface area contributed by atoms with Crippen molar-refractivity contribution in [3.05, 3.63) is 12.2 Å². The fraction of sp³-hybridized carbons (Fsp3) is 0.827. The highest BCUT2D eigenvalue weighted by Crippen LogP contribution is 2.50. The Hall–Kier alpha value is -6.91. The second-order valence-electron chi connectivity index (χ2n) is 34.8. The minimum Gasteiger partial charge on any atom is -0.381 e. The Bertz CT molecular complexity index is 3290. The second kappa shape index (κ2) is 38.3. The van der Waals surface area contributed by atoms with Crippen molar-refractivity contribution in [3.8, 4) is 0 Å². The highest BCUT2D eigenvalue weighted by Gasteiger charge is 2.60. The number of methoxy groups -OCH3 is 1. The van der Waals surface area contributed by atoms with E-state index in [-0.39, 0.29) is 102 Å². The Morgan fingerprint density at radius 3 is 1.87 bits per heavy atom. The number of hydrogen-bond acceptors (Lipinski definition) is 14. The fourth-order valence-corrected chi connectivity index (χ4v) is 19.8. The molecule has 29 heteroatoms. The molecule has 13 atom stereocenters. The van der Waals surface area contributed by atoms with Gasteiger partial charge in [0.2, 0.25) is 70.9 Å². The molecular formula is C81H129F3N12O14. The van der Waals surface area contributed by atoms with Gasteiger partial charge in [0.15, 0.2) is 0 Å². The largest absolute Gasteiger partial charge is 0.394 e. The third-order valence-electron chi connectivity index (χ3n) is 26.4. The van der Waals surface area contributed by atoms with Gasteiger partial charge in [-0.05, 0) is 138 Å². The van der Waals surface area contributed by atoms with E-state index in [1.54, 1.807) is 18.7 Å². The summed E-state index contributed by atoms with van der Waals surface area (Å²) < 4.78 is 54.8. The summed E-state index contributed by atoms with van der Waals surface area (Å²) >= 11 is 0. The van der Waals surface area contributed by atoms with Crippen molar-refractivity contribution in [2.75, 3.05) is 95.3 Å². The predicted molar refractivity (Wildman–Crippen MR) is 405 cm³/mol. The number of carbonyl (C=O) groups is 12. The fourth-order valence-electron chi connectivity index (χ4n) is 19.8. The molecule has 4 aliphatic carbocycles. The minimum absolute atomic E-state index is 0.0164. The lowest BCUT2D eigenvalue weighted by Crippen LogP contribution is -2.71. The topological polar surface area (TPSA) is 289 Å². The zero-order chi connectivity index (χ0) is 80.3. The maximum atomic E-state index is 16.0. The van der Waals surface area contributed by atoms with Gasteiger partial charge in [-0.15, -0.1) is 0 Å². The third-order valence-corrected chi connectivity index (χ3v) is 26.4. The average molecular weight is 1550 g/mol. The van der Waals surface area contributed by atoms with Crippen LogP contribution in [0.2, 0.25) is 0 Å². The van der Waals surface area contributed by atoms with E-state index in [9.17, 15) is 22.8 Å². The number of nitrogens with zero attached hydrogens (tertiary/aromatic N) is 9. The Morgan fingerprint density at radius 1 is 0.600 bits per heavy atom. The van der Waals surface area contributed by atoms with Gasteiger partial charge in [-0.2, -0.15) is 13.2 Å². The van der Waals surface area contributed by atoms with Gasteiger partial charge in [0, 0.05) is 88.6 Å². The standard InChI is InChI=1S/C81H129F3N12O14/c1-13-51(3)68-76(106)89(7)48-67(99)91(9)60-30-20-17-23-41-95(75(60)105)63-42-53-33-31-52(32-34-53)26-18-15-16-19-29-59(70(100)86-68)90(8)66(98)45-62(74(104)94-39-24-25-40-94)92(10)77(107)69(55-27-21-22-28-55)93(11)78(108)80(49-79(4,5)50-80)87-71(101)61-44-56(110-14-2)46-96(61)72(102)58(85-65(97)47-88(6)73(63)103)38-36-54-35-37-57(81(82,83)84)64(43-54)109-12/h17,20,51-64,68-69H,13-16,18-19,21-50H2,1-12H3,(H,85,97)(H,86,100)(H,87,101)/b20-17-/t51-,52?,53?,54?,56+,57?,58-,59-,60-,61-,62-,63-,64?,68-,69-/m0/s1. The maximum absolute atomic E-state index is 16.0. The normalized spacial score (nSPS) is 32.9. The molecule has 8 aliphatic heterocycles. The van der Waals surface area contributed by atoms with E-state index in [1.807, 2.05) is 32.9 Å². The summed E-state index contributed by atoms with van der Waals surface area (Å²) in [5, 5.41) is 9.05. The molecule has 1 spiro atoms. The predicted octanol–water partition coefficient (Wildman–Crippen LogP) is 7.00. The van der Waals surface area contributed by atoms with Gasteiger partial charge in [-0.1, -0.05) is 117 Å². The van der Waals surface area contributed by atoms with Crippen molar-refractivity contribution in [2.24, 2.45) is 40.9 Å². The first kappa shape index (κ1) is 87.1. The van der Waals surface area contributed by atoms with E-state index < -0.39 is 186 Å². The lowest BCUT2D eigenvalue weighted by molar-refractivity contribution is -0.215. The highest BCUT2D eigenvalue weighted by atomic mass is 19.4. The quantitative estimate of drug-likeness (QED) is 0.186. The van der Waals surface area contributed by atoms with Crippen LogP contribution in [0.5, 0.6) is 0 Å². The molecule has 12 amide bonds. The molecule has 3 unspecified atom stereocenters. The number of carbonyl (C=O) groups excluding carboxylic acids is 12. The summed E-state index contributed by atoms with van der Waals surface area (Å²) in [7, 11) is 10.1. The average Bonchev–Trinajstić information content (AvgIpc) is 0.925. The smallest absolute Gasteiger partial charge is 0.381 e. The zero-order valence-corrected chi connectivity index (χ0v) is 67.7. The van der Waals surface area contributed by atoms with Crippen molar-refractivity contribution in [1.82, 2.24) is 60.0 Å². The molecule has 7 saturated heterocycles. The molecule has 3 N–H and O–H groups in total. The molecule has 6 bridgehead atoms. The number of amides is 12. The number of likely N-dealkylation sites (N-methyl/N-ethyl adjacent to an activating group) is 6. The minimum atomic E-state index is -4.52. The van der Waals surface area contributed by atoms with Crippen LogP contribution in [0.25, 0.3) is 0 Å². The van der Waals surface area contributed by atoms with Crippen LogP contribution in [0, 0.1) is 40.9 Å². The Balaban J connectivity index is 1.15. The number of alkyl halides is 3. The van der Waals surface area contributed by atoms with Crippen molar-refractivity contribution in [2.45, 2.75) is 293 Å². The second-order valence-corrected chi connectivity index (χ2v) is 34.8. The van der Waals surface area contributed by atoms with E-state index in [0.29, 0.717) is 70.4 Å². The summed E-state index contributed by atoms with van der Waals surface area (Å²) in [6.45, 7) is 9.09. The summed E-state index contributed by atoms with van der Waals surface area (Å²) in [5.41, 5.74) is -2.16. The van der Waals surface area contributed by atoms with Gasteiger partial charge in [0.05, 0.1) is 37.6 Å². The molecule has 110 heavy (non-hydrogen) atoms. The maximum Gasteiger partial charge on any atom is 0.394 e. The number of rotatable bonds is 10. The van der Waals surface area contributed by atoms with Gasteiger partial charge in [-0.25, -0.2) is 0 Å². The molecule has 0 aromatic heterocycles. The molecular weight excluding hydrogens is 1420 g/mol. The van der Waals surface area contributed by atoms with Crippen molar-refractivity contribution >= 4 is 70.9 Å². The first-order valence-corrected chi connectivity index (χ1v) is 41.4. The summed E-state index contributed by atoms with van der Waals surface area (Å²) in [6.07, 6.45) is 9.17. The number of hydrogen-bond donors (Lipinski definition) is 3. The lowest BCUT2D eigenvalue weighted by Gasteiger charge is -2.54. The molecule has 618 valence electrons.